The Hall–Kier alpha value is -3.60. The Bertz CT molecular complexity index is 1340. The first-order chi connectivity index (χ1) is 20.9. The minimum Gasteiger partial charge on any atom is -0.453 e. The number of hydrogen-bond donors (Lipinski definition) is 2. The molecule has 0 aliphatic carbocycles. The molecule has 9 heteroatoms. The van der Waals surface area contributed by atoms with E-state index in [-0.39, 0.29) is 18.8 Å². The van der Waals surface area contributed by atoms with E-state index in [2.05, 4.69) is 45.4 Å². The Morgan fingerprint density at radius 2 is 1.63 bits per heavy atom. The quantitative estimate of drug-likeness (QED) is 0.336. The van der Waals surface area contributed by atoms with Gasteiger partial charge < -0.3 is 24.6 Å². The number of carbonyl (C=O) groups excluding carboxylic acids is 2. The molecule has 3 aromatic carbocycles. The molecule has 228 valence electrons. The third-order valence-electron chi connectivity index (χ3n) is 7.93. The van der Waals surface area contributed by atoms with Gasteiger partial charge in [-0.1, -0.05) is 66.7 Å². The molecule has 0 saturated carbocycles. The Kier molecular flexibility index (Phi) is 10.6. The summed E-state index contributed by atoms with van der Waals surface area (Å²) >= 11 is 0. The van der Waals surface area contributed by atoms with E-state index < -0.39 is 24.3 Å². The lowest BCUT2D eigenvalue weighted by atomic mass is 9.99. The van der Waals surface area contributed by atoms with E-state index in [0.29, 0.717) is 12.1 Å². The molecule has 0 aromatic heterocycles. The van der Waals surface area contributed by atoms with Crippen LogP contribution in [-0.4, -0.2) is 71.7 Å². The van der Waals surface area contributed by atoms with E-state index >= 15 is 0 Å². The van der Waals surface area contributed by atoms with Gasteiger partial charge in [-0.25, -0.2) is 0 Å². The van der Waals surface area contributed by atoms with Crippen molar-refractivity contribution in [3.63, 3.8) is 0 Å². The van der Waals surface area contributed by atoms with Crippen molar-refractivity contribution in [2.75, 3.05) is 38.0 Å². The molecule has 0 radical (unpaired) electrons. The highest BCUT2D eigenvalue weighted by Gasteiger charge is 2.34. The molecule has 43 heavy (non-hydrogen) atoms. The van der Waals surface area contributed by atoms with E-state index in [1.807, 2.05) is 42.5 Å². The number of amides is 1. The molecule has 2 heterocycles. The van der Waals surface area contributed by atoms with Gasteiger partial charge in [-0.3, -0.25) is 19.4 Å². The number of piperazine rings is 1. The number of aliphatic hydroxyl groups excluding tert-OH is 1. The van der Waals surface area contributed by atoms with Crippen molar-refractivity contribution in [3.05, 3.63) is 101 Å². The Balaban J connectivity index is 1.26. The van der Waals surface area contributed by atoms with Crippen molar-refractivity contribution in [1.29, 1.82) is 0 Å². The van der Waals surface area contributed by atoms with Crippen LogP contribution in [0.1, 0.15) is 54.9 Å². The lowest BCUT2D eigenvalue weighted by Crippen LogP contribution is -2.49. The molecule has 2 N–H and O–H groups in total. The van der Waals surface area contributed by atoms with Gasteiger partial charge in [0.1, 0.15) is 0 Å². The van der Waals surface area contributed by atoms with Crippen LogP contribution in [0.4, 0.5) is 5.69 Å². The highest BCUT2D eigenvalue weighted by Crippen LogP contribution is 2.38. The number of nitrogens with one attached hydrogen (secondary N) is 1. The summed E-state index contributed by atoms with van der Waals surface area (Å²) in [7, 11) is 0. The maximum absolute atomic E-state index is 12.5. The fourth-order valence-electron chi connectivity index (χ4n) is 5.60. The lowest BCUT2D eigenvalue weighted by molar-refractivity contribution is -0.253. The van der Waals surface area contributed by atoms with Crippen LogP contribution < -0.4 is 5.32 Å². The van der Waals surface area contributed by atoms with Gasteiger partial charge in [0.05, 0.1) is 18.8 Å². The molecule has 0 spiro atoms. The second kappa shape index (κ2) is 14.7. The molecule has 5 rings (SSSR count). The molecule has 9 nitrogen and oxygen atoms in total. The average Bonchev–Trinajstić information content (AvgIpc) is 3.02. The molecule has 2 aliphatic rings. The summed E-state index contributed by atoms with van der Waals surface area (Å²) < 4.78 is 18.1. The van der Waals surface area contributed by atoms with E-state index in [1.54, 1.807) is 6.07 Å². The second-order valence-corrected chi connectivity index (χ2v) is 11.3. The normalized spacial score (nSPS) is 22.1. The zero-order valence-electron chi connectivity index (χ0n) is 24.9. The van der Waals surface area contributed by atoms with Gasteiger partial charge >= 0.3 is 5.97 Å². The van der Waals surface area contributed by atoms with Crippen LogP contribution in [-0.2, 0) is 37.0 Å². The zero-order chi connectivity index (χ0) is 30.2. The molecule has 0 unspecified atom stereocenters. The molecule has 1 amide bonds. The monoisotopic (exact) mass is 587 g/mol. The average molecular weight is 588 g/mol. The number of hydrogen-bond acceptors (Lipinski definition) is 8. The Morgan fingerprint density at radius 1 is 0.907 bits per heavy atom. The van der Waals surface area contributed by atoms with Crippen LogP contribution >= 0.6 is 0 Å². The second-order valence-electron chi connectivity index (χ2n) is 11.3. The van der Waals surface area contributed by atoms with Crippen molar-refractivity contribution in [1.82, 2.24) is 9.80 Å². The first-order valence-electron chi connectivity index (χ1n) is 14.9. The maximum Gasteiger partial charge on any atom is 0.303 e. The highest BCUT2D eigenvalue weighted by atomic mass is 16.7. The topological polar surface area (TPSA) is 101 Å². The van der Waals surface area contributed by atoms with Crippen LogP contribution in [0.15, 0.2) is 78.9 Å². The highest BCUT2D eigenvalue weighted by molar-refractivity contribution is 5.95. The summed E-state index contributed by atoms with van der Waals surface area (Å²) in [5.41, 5.74) is 4.56. The van der Waals surface area contributed by atoms with Gasteiger partial charge in [0.15, 0.2) is 12.4 Å². The predicted octanol–water partition coefficient (Wildman–Crippen LogP) is 4.43. The number of carbonyl (C=O) groups is 2. The number of rotatable bonds is 10. The zero-order valence-corrected chi connectivity index (χ0v) is 24.9. The largest absolute Gasteiger partial charge is 0.453 e. The lowest BCUT2D eigenvalue weighted by Gasteiger charge is -2.41. The van der Waals surface area contributed by atoms with Crippen molar-refractivity contribution < 1.29 is 28.9 Å². The van der Waals surface area contributed by atoms with E-state index in [0.717, 1.165) is 56.0 Å². The van der Waals surface area contributed by atoms with Crippen molar-refractivity contribution in [2.45, 2.75) is 58.0 Å². The number of esters is 1. The minimum absolute atomic E-state index is 0.00893. The predicted molar refractivity (Wildman–Crippen MR) is 163 cm³/mol. The minimum atomic E-state index is -0.910. The molecule has 2 fully saturated rings. The molecular formula is C34H41N3O6. The SMILES string of the molecule is CC(=O)O[C@@H](C)C(=O)Nc1cccc([C@H]2O[C@@H](CN3CCN(Cc4ccccc4)CC3)C[C@@H](c3ccc(CO)cc3)O2)c1. The van der Waals surface area contributed by atoms with Crippen LogP contribution in [0, 0.1) is 0 Å². The summed E-state index contributed by atoms with van der Waals surface area (Å²) in [6, 6.07) is 25.8. The van der Waals surface area contributed by atoms with Crippen LogP contribution in [0.5, 0.6) is 0 Å². The summed E-state index contributed by atoms with van der Waals surface area (Å²) in [6.45, 7) is 8.49. The molecular weight excluding hydrogens is 546 g/mol. The summed E-state index contributed by atoms with van der Waals surface area (Å²) in [6.07, 6.45) is -1.10. The number of benzene rings is 3. The van der Waals surface area contributed by atoms with Gasteiger partial charge in [0.25, 0.3) is 5.91 Å². The molecule has 2 aliphatic heterocycles. The van der Waals surface area contributed by atoms with E-state index in [1.165, 1.54) is 19.4 Å². The first kappa shape index (κ1) is 30.8. The van der Waals surface area contributed by atoms with Crippen molar-refractivity contribution in [3.8, 4) is 0 Å². The fraction of sp³-hybridized carbons (Fsp3) is 0.412. The number of aliphatic hydroxyl groups is 1. The molecule has 3 aromatic rings. The summed E-state index contributed by atoms with van der Waals surface area (Å²) in [5.74, 6) is -0.925. The Morgan fingerprint density at radius 3 is 2.33 bits per heavy atom. The van der Waals surface area contributed by atoms with Crippen LogP contribution in [0.3, 0.4) is 0 Å². The fourth-order valence-corrected chi connectivity index (χ4v) is 5.60. The van der Waals surface area contributed by atoms with Crippen LogP contribution in [0.2, 0.25) is 0 Å². The maximum atomic E-state index is 12.5. The molecule has 2 saturated heterocycles. The van der Waals surface area contributed by atoms with Crippen molar-refractivity contribution >= 4 is 17.6 Å². The number of anilines is 1. The molecule has 0 bridgehead atoms. The standard InChI is InChI=1S/C34H41N3O6/c1-24(41-25(2)39)33(40)35-30-10-6-9-29(19-30)34-42-31(20-32(43-34)28-13-11-27(23-38)12-14-28)22-37-17-15-36(16-18-37)21-26-7-4-3-5-8-26/h3-14,19,24,31-32,34,38H,15-18,20-23H2,1-2H3,(H,35,40)/t24-,31+,32-,34-/m0/s1. The first-order valence-corrected chi connectivity index (χ1v) is 14.9. The van der Waals surface area contributed by atoms with Gasteiger partial charge in [-0.2, -0.15) is 0 Å². The van der Waals surface area contributed by atoms with Gasteiger partial charge in [-0.05, 0) is 35.7 Å². The Labute approximate surface area is 253 Å². The third kappa shape index (κ3) is 8.72. The molecule has 4 atom stereocenters. The smallest absolute Gasteiger partial charge is 0.303 e. The number of nitrogens with zero attached hydrogens (tertiary/aromatic N) is 2. The van der Waals surface area contributed by atoms with Gasteiger partial charge in [-0.15, -0.1) is 0 Å². The van der Waals surface area contributed by atoms with Crippen LogP contribution in [0.25, 0.3) is 0 Å². The summed E-state index contributed by atoms with van der Waals surface area (Å²) in [5, 5.41) is 12.3. The van der Waals surface area contributed by atoms with E-state index in [4.69, 9.17) is 14.2 Å². The summed E-state index contributed by atoms with van der Waals surface area (Å²) in [4.78, 5) is 28.8. The number of ether oxygens (including phenoxy) is 3. The van der Waals surface area contributed by atoms with Gasteiger partial charge in [0, 0.05) is 63.9 Å². The third-order valence-corrected chi connectivity index (χ3v) is 7.93. The van der Waals surface area contributed by atoms with Gasteiger partial charge in [0.2, 0.25) is 0 Å². The van der Waals surface area contributed by atoms with Crippen molar-refractivity contribution in [2.24, 2.45) is 0 Å². The van der Waals surface area contributed by atoms with E-state index in [9.17, 15) is 14.7 Å².